The molecule has 0 saturated carbocycles. The van der Waals surface area contributed by atoms with Crippen LogP contribution in [0.25, 0.3) is 0 Å². The van der Waals surface area contributed by atoms with Crippen LogP contribution in [0, 0.1) is 3.57 Å². The maximum absolute atomic E-state index is 12.2. The van der Waals surface area contributed by atoms with Crippen molar-refractivity contribution in [3.05, 3.63) is 67.7 Å². The van der Waals surface area contributed by atoms with Crippen LogP contribution in [-0.4, -0.2) is 11.9 Å². The molecule has 0 aromatic heterocycles. The summed E-state index contributed by atoms with van der Waals surface area (Å²) in [7, 11) is 0. The van der Waals surface area contributed by atoms with Gasteiger partial charge in [-0.25, -0.2) is 0 Å². The third-order valence-electron chi connectivity index (χ3n) is 3.57. The first kappa shape index (κ1) is 13.9. The normalized spacial score (nSPS) is 14.1. The van der Waals surface area contributed by atoms with E-state index in [0.29, 0.717) is 10.6 Å². The van der Waals surface area contributed by atoms with E-state index in [9.17, 15) is 4.79 Å². The summed E-state index contributed by atoms with van der Waals surface area (Å²) in [6, 6.07) is 13.9. The molecule has 0 atom stereocenters. The highest BCUT2D eigenvalue weighted by molar-refractivity contribution is 14.1. The first-order valence-corrected chi connectivity index (χ1v) is 7.92. The van der Waals surface area contributed by atoms with Gasteiger partial charge in [-0.2, -0.15) is 0 Å². The molecule has 0 unspecified atom stereocenters. The molecule has 102 valence electrons. The average molecular weight is 398 g/mol. The fourth-order valence-corrected chi connectivity index (χ4v) is 3.08. The van der Waals surface area contributed by atoms with Crippen molar-refractivity contribution in [3.8, 4) is 0 Å². The maximum Gasteiger partial charge on any atom is 0.251 e. The zero-order valence-electron chi connectivity index (χ0n) is 10.7. The number of carbonyl (C=O) groups is 1. The van der Waals surface area contributed by atoms with E-state index >= 15 is 0 Å². The fraction of sp³-hybridized carbons (Fsp3) is 0.188. The van der Waals surface area contributed by atoms with Gasteiger partial charge < -0.3 is 5.32 Å². The molecule has 3 rings (SSSR count). The largest absolute Gasteiger partial charge is 0.349 e. The van der Waals surface area contributed by atoms with Crippen LogP contribution in [0.4, 0.5) is 0 Å². The van der Waals surface area contributed by atoms with Gasteiger partial charge in [0.05, 0.1) is 5.02 Å². The number of nitrogens with one attached hydrogen (secondary N) is 1. The lowest BCUT2D eigenvalue weighted by atomic mass is 10.1. The van der Waals surface area contributed by atoms with Crippen molar-refractivity contribution in [2.75, 3.05) is 0 Å². The van der Waals surface area contributed by atoms with Crippen LogP contribution in [0.2, 0.25) is 5.02 Å². The van der Waals surface area contributed by atoms with Crippen molar-refractivity contribution >= 4 is 40.1 Å². The van der Waals surface area contributed by atoms with E-state index < -0.39 is 0 Å². The van der Waals surface area contributed by atoms with Gasteiger partial charge in [0.2, 0.25) is 0 Å². The summed E-state index contributed by atoms with van der Waals surface area (Å²) in [5.41, 5.74) is 3.28. The van der Waals surface area contributed by atoms with Crippen molar-refractivity contribution in [1.82, 2.24) is 5.32 Å². The first-order valence-electron chi connectivity index (χ1n) is 6.46. The molecule has 0 spiro atoms. The highest BCUT2D eigenvalue weighted by Gasteiger charge is 2.22. The molecule has 4 heteroatoms. The Balaban J connectivity index is 1.70. The lowest BCUT2D eigenvalue weighted by molar-refractivity contribution is 0.0938. The van der Waals surface area contributed by atoms with Crippen LogP contribution in [-0.2, 0) is 12.8 Å². The Labute approximate surface area is 136 Å². The van der Waals surface area contributed by atoms with E-state index in [1.54, 1.807) is 6.07 Å². The van der Waals surface area contributed by atoms with Crippen molar-refractivity contribution < 1.29 is 4.79 Å². The first-order chi connectivity index (χ1) is 9.63. The van der Waals surface area contributed by atoms with E-state index in [1.165, 1.54) is 11.1 Å². The van der Waals surface area contributed by atoms with Crippen molar-refractivity contribution in [2.45, 2.75) is 18.9 Å². The second-order valence-electron chi connectivity index (χ2n) is 4.98. The third kappa shape index (κ3) is 2.83. The Morgan fingerprint density at radius 2 is 1.80 bits per heavy atom. The number of benzene rings is 2. The zero-order valence-corrected chi connectivity index (χ0v) is 13.6. The van der Waals surface area contributed by atoms with Gasteiger partial charge >= 0.3 is 0 Å². The van der Waals surface area contributed by atoms with E-state index in [-0.39, 0.29) is 11.9 Å². The number of amides is 1. The van der Waals surface area contributed by atoms with Crippen molar-refractivity contribution in [2.24, 2.45) is 0 Å². The SMILES string of the molecule is O=C(NC1Cc2ccccc2C1)c1ccc(I)c(Cl)c1. The van der Waals surface area contributed by atoms with Gasteiger partial charge in [-0.3, -0.25) is 4.79 Å². The molecule has 2 nitrogen and oxygen atoms in total. The Hall–Kier alpha value is -1.07. The second kappa shape index (κ2) is 5.74. The minimum absolute atomic E-state index is 0.0545. The molecule has 0 bridgehead atoms. The van der Waals surface area contributed by atoms with E-state index in [4.69, 9.17) is 11.6 Å². The van der Waals surface area contributed by atoms with E-state index in [0.717, 1.165) is 16.4 Å². The molecule has 0 fully saturated rings. The number of halogens is 2. The lowest BCUT2D eigenvalue weighted by Crippen LogP contribution is -2.35. The van der Waals surface area contributed by atoms with E-state index in [2.05, 4.69) is 40.0 Å². The highest BCUT2D eigenvalue weighted by atomic mass is 127. The molecular formula is C16H13ClINO. The minimum atomic E-state index is -0.0545. The second-order valence-corrected chi connectivity index (χ2v) is 6.55. The summed E-state index contributed by atoms with van der Waals surface area (Å²) in [4.78, 5) is 12.2. The number of hydrogen-bond acceptors (Lipinski definition) is 1. The van der Waals surface area contributed by atoms with Gasteiger partial charge in [-0.15, -0.1) is 0 Å². The summed E-state index contributed by atoms with van der Waals surface area (Å²) in [5.74, 6) is -0.0545. The molecule has 1 N–H and O–H groups in total. The van der Waals surface area contributed by atoms with Crippen LogP contribution >= 0.6 is 34.2 Å². The molecule has 2 aromatic carbocycles. The summed E-state index contributed by atoms with van der Waals surface area (Å²) in [5, 5.41) is 3.71. The smallest absolute Gasteiger partial charge is 0.251 e. The van der Waals surface area contributed by atoms with Gasteiger partial charge in [0.15, 0.2) is 0 Å². The summed E-state index contributed by atoms with van der Waals surface area (Å²) in [6.07, 6.45) is 1.81. The topological polar surface area (TPSA) is 29.1 Å². The lowest BCUT2D eigenvalue weighted by Gasteiger charge is -2.12. The number of fused-ring (bicyclic) bond motifs is 1. The van der Waals surface area contributed by atoms with Crippen molar-refractivity contribution in [3.63, 3.8) is 0 Å². The molecule has 0 saturated heterocycles. The van der Waals surface area contributed by atoms with Gasteiger partial charge in [-0.05, 0) is 64.8 Å². The molecule has 0 heterocycles. The Kier molecular flexibility index (Phi) is 3.98. The van der Waals surface area contributed by atoms with Gasteiger partial charge in [0.25, 0.3) is 5.91 Å². The fourth-order valence-electron chi connectivity index (χ4n) is 2.57. The van der Waals surface area contributed by atoms with Crippen molar-refractivity contribution in [1.29, 1.82) is 0 Å². The predicted octanol–water partition coefficient (Wildman–Crippen LogP) is 3.84. The quantitative estimate of drug-likeness (QED) is 0.767. The number of carbonyl (C=O) groups excluding carboxylic acids is 1. The van der Waals surface area contributed by atoms with Gasteiger partial charge in [0, 0.05) is 15.2 Å². The van der Waals surface area contributed by atoms with E-state index in [1.807, 2.05) is 24.3 Å². The van der Waals surface area contributed by atoms with Crippen LogP contribution in [0.5, 0.6) is 0 Å². The molecule has 0 aliphatic heterocycles. The van der Waals surface area contributed by atoms with Gasteiger partial charge in [-0.1, -0.05) is 35.9 Å². The molecule has 1 amide bonds. The van der Waals surface area contributed by atoms with Crippen LogP contribution in [0.15, 0.2) is 42.5 Å². The number of hydrogen-bond donors (Lipinski definition) is 1. The average Bonchev–Trinajstić information content (AvgIpc) is 2.83. The predicted molar refractivity (Wildman–Crippen MR) is 89.3 cm³/mol. The molecule has 1 aliphatic rings. The van der Waals surface area contributed by atoms with Gasteiger partial charge in [0.1, 0.15) is 0 Å². The molecule has 2 aromatic rings. The molecule has 1 aliphatic carbocycles. The standard InChI is InChI=1S/C16H13ClINO/c17-14-9-12(5-6-15(14)18)16(20)19-13-7-10-3-1-2-4-11(10)8-13/h1-6,9,13H,7-8H2,(H,19,20). The third-order valence-corrected chi connectivity index (χ3v) is 5.14. The Bertz CT molecular complexity index is 646. The maximum atomic E-state index is 12.2. The molecular weight excluding hydrogens is 385 g/mol. The molecule has 20 heavy (non-hydrogen) atoms. The highest BCUT2D eigenvalue weighted by Crippen LogP contribution is 2.23. The molecule has 0 radical (unpaired) electrons. The van der Waals surface area contributed by atoms with Crippen LogP contribution < -0.4 is 5.32 Å². The summed E-state index contributed by atoms with van der Waals surface area (Å²) < 4.78 is 0.953. The summed E-state index contributed by atoms with van der Waals surface area (Å²) in [6.45, 7) is 0. The Morgan fingerprint density at radius 3 is 2.40 bits per heavy atom. The Morgan fingerprint density at radius 1 is 1.15 bits per heavy atom. The monoisotopic (exact) mass is 397 g/mol. The van der Waals surface area contributed by atoms with Crippen LogP contribution in [0.3, 0.4) is 0 Å². The number of rotatable bonds is 2. The summed E-state index contributed by atoms with van der Waals surface area (Å²) >= 11 is 8.21. The zero-order chi connectivity index (χ0) is 14.1. The minimum Gasteiger partial charge on any atom is -0.349 e. The van der Waals surface area contributed by atoms with Crippen LogP contribution in [0.1, 0.15) is 21.5 Å².